The largest absolute Gasteiger partial charge is 0.480 e. The lowest BCUT2D eigenvalue weighted by molar-refractivity contribution is -0.143. The molecule has 0 spiro atoms. The van der Waals surface area contributed by atoms with Crippen molar-refractivity contribution in [1.82, 2.24) is 15.6 Å². The summed E-state index contributed by atoms with van der Waals surface area (Å²) in [6, 6.07) is 16.2. The number of hydrogen-bond donors (Lipinski definition) is 3. The summed E-state index contributed by atoms with van der Waals surface area (Å²) < 4.78 is 5.53. The molecule has 1 aromatic heterocycles. The van der Waals surface area contributed by atoms with Crippen LogP contribution in [0.1, 0.15) is 57.7 Å². The minimum Gasteiger partial charge on any atom is -0.480 e. The molecule has 2 aromatic carbocycles. The zero-order chi connectivity index (χ0) is 25.2. The van der Waals surface area contributed by atoms with Gasteiger partial charge in [0.25, 0.3) is 5.91 Å². The number of nitrogens with zero attached hydrogens (tertiary/aromatic N) is 1. The lowest BCUT2D eigenvalue weighted by Crippen LogP contribution is -2.51. The van der Waals surface area contributed by atoms with Crippen LogP contribution in [0.4, 0.5) is 4.79 Å². The molecular weight excluding hydrogens is 466 g/mol. The minimum absolute atomic E-state index is 0.0346. The van der Waals surface area contributed by atoms with Crippen LogP contribution in [0.2, 0.25) is 0 Å². The molecule has 1 aliphatic carbocycles. The number of rotatable bonds is 8. The predicted octanol–water partition coefficient (Wildman–Crippen LogP) is 4.47. The van der Waals surface area contributed by atoms with E-state index in [1.54, 1.807) is 13.8 Å². The van der Waals surface area contributed by atoms with Gasteiger partial charge in [-0.1, -0.05) is 55.5 Å². The van der Waals surface area contributed by atoms with Crippen molar-refractivity contribution < 1.29 is 24.2 Å². The van der Waals surface area contributed by atoms with E-state index in [0.717, 1.165) is 33.6 Å². The zero-order valence-electron chi connectivity index (χ0n) is 19.8. The van der Waals surface area contributed by atoms with Gasteiger partial charge in [0.1, 0.15) is 22.0 Å². The number of alkyl carbamates (subject to hydrolysis) is 1. The van der Waals surface area contributed by atoms with Crippen LogP contribution in [0.5, 0.6) is 0 Å². The van der Waals surface area contributed by atoms with Crippen molar-refractivity contribution in [3.63, 3.8) is 0 Å². The molecule has 3 N–H and O–H groups in total. The van der Waals surface area contributed by atoms with Gasteiger partial charge in [0.2, 0.25) is 0 Å². The molecule has 0 bridgehead atoms. The van der Waals surface area contributed by atoms with Crippen LogP contribution in [-0.2, 0) is 16.1 Å². The van der Waals surface area contributed by atoms with Crippen molar-refractivity contribution in [3.8, 4) is 11.1 Å². The maximum Gasteiger partial charge on any atom is 0.407 e. The molecule has 1 heterocycles. The topological polar surface area (TPSA) is 118 Å². The Bertz CT molecular complexity index is 1240. The summed E-state index contributed by atoms with van der Waals surface area (Å²) >= 11 is 1.11. The summed E-state index contributed by atoms with van der Waals surface area (Å²) in [7, 11) is 0. The molecule has 0 saturated heterocycles. The van der Waals surface area contributed by atoms with Crippen LogP contribution < -0.4 is 10.6 Å². The number of aromatic nitrogens is 1. The number of carbonyl (C=O) groups is 3. The Morgan fingerprint density at radius 2 is 1.69 bits per heavy atom. The van der Waals surface area contributed by atoms with Gasteiger partial charge in [-0.3, -0.25) is 4.79 Å². The van der Waals surface area contributed by atoms with Crippen molar-refractivity contribution in [3.05, 3.63) is 75.2 Å². The van der Waals surface area contributed by atoms with E-state index in [4.69, 9.17) is 4.74 Å². The maximum atomic E-state index is 12.6. The van der Waals surface area contributed by atoms with Crippen molar-refractivity contribution in [2.24, 2.45) is 0 Å². The van der Waals surface area contributed by atoms with Crippen molar-refractivity contribution in [1.29, 1.82) is 0 Å². The highest BCUT2D eigenvalue weighted by Gasteiger charge is 2.34. The van der Waals surface area contributed by atoms with Gasteiger partial charge in [-0.15, -0.1) is 11.3 Å². The van der Waals surface area contributed by atoms with Gasteiger partial charge in [-0.25, -0.2) is 14.6 Å². The van der Waals surface area contributed by atoms with Gasteiger partial charge in [-0.05, 0) is 42.5 Å². The molecule has 0 radical (unpaired) electrons. The molecule has 0 saturated carbocycles. The summed E-state index contributed by atoms with van der Waals surface area (Å²) in [5, 5.41) is 15.2. The number of amides is 2. The Labute approximate surface area is 207 Å². The molecule has 1 unspecified atom stereocenters. The number of benzene rings is 2. The molecule has 0 fully saturated rings. The number of nitrogens with one attached hydrogen (secondary N) is 2. The fourth-order valence-electron chi connectivity index (χ4n) is 4.14. The minimum atomic E-state index is -1.37. The van der Waals surface area contributed by atoms with E-state index in [9.17, 15) is 19.5 Å². The number of hydrogen-bond acceptors (Lipinski definition) is 6. The van der Waals surface area contributed by atoms with Crippen molar-refractivity contribution in [2.45, 2.75) is 45.2 Å². The first-order chi connectivity index (χ1) is 16.7. The molecule has 8 nitrogen and oxygen atoms in total. The number of fused-ring (bicyclic) bond motifs is 3. The second kappa shape index (κ2) is 9.87. The molecule has 4 rings (SSSR count). The van der Waals surface area contributed by atoms with Crippen LogP contribution in [0.15, 0.2) is 48.5 Å². The summed E-state index contributed by atoms with van der Waals surface area (Å²) in [6.45, 7) is 5.13. The SMILES string of the molecule is CCC(C)(NC(=O)c1sc(CNC(=O)OCC2c3ccccc3-c3ccccc32)nc1C)C(=O)O. The van der Waals surface area contributed by atoms with E-state index in [1.807, 2.05) is 24.3 Å². The number of carbonyl (C=O) groups excluding carboxylic acids is 2. The molecule has 3 aromatic rings. The lowest BCUT2D eigenvalue weighted by Gasteiger charge is -2.24. The monoisotopic (exact) mass is 493 g/mol. The summed E-state index contributed by atoms with van der Waals surface area (Å²) in [4.78, 5) is 41.2. The molecule has 35 heavy (non-hydrogen) atoms. The molecule has 1 atom stereocenters. The number of aryl methyl sites for hydroxylation is 1. The number of aliphatic carboxylic acids is 1. The normalized spacial score (nSPS) is 13.9. The Morgan fingerprint density at radius 1 is 1.09 bits per heavy atom. The first-order valence-electron chi connectivity index (χ1n) is 11.3. The van der Waals surface area contributed by atoms with Crippen molar-refractivity contribution >= 4 is 29.3 Å². The van der Waals surface area contributed by atoms with E-state index in [-0.39, 0.29) is 25.5 Å². The van der Waals surface area contributed by atoms with Gasteiger partial charge in [0.15, 0.2) is 0 Å². The molecule has 0 aliphatic heterocycles. The third-order valence-electron chi connectivity index (χ3n) is 6.34. The van der Waals surface area contributed by atoms with E-state index in [0.29, 0.717) is 15.6 Å². The maximum absolute atomic E-state index is 12.6. The highest BCUT2D eigenvalue weighted by atomic mass is 32.1. The first-order valence-corrected chi connectivity index (χ1v) is 12.2. The quantitative estimate of drug-likeness (QED) is 0.426. The van der Waals surface area contributed by atoms with Crippen LogP contribution in [0.3, 0.4) is 0 Å². The molecular formula is C26H27N3O5S. The van der Waals surface area contributed by atoms with Gasteiger partial charge in [0, 0.05) is 5.92 Å². The van der Waals surface area contributed by atoms with Gasteiger partial charge < -0.3 is 20.5 Å². The Balaban J connectivity index is 1.36. The average molecular weight is 494 g/mol. The highest BCUT2D eigenvalue weighted by molar-refractivity contribution is 7.13. The zero-order valence-corrected chi connectivity index (χ0v) is 20.6. The predicted molar refractivity (Wildman–Crippen MR) is 133 cm³/mol. The standard InChI is InChI=1S/C26H27N3O5S/c1-4-26(3,24(31)32)29-23(30)22-15(2)28-21(35-22)13-27-25(33)34-14-20-18-11-7-5-9-16(18)17-10-6-8-12-19(17)20/h5-12,20H,4,13-14H2,1-3H3,(H,27,33)(H,29,30)(H,31,32). The van der Waals surface area contributed by atoms with E-state index in [2.05, 4.69) is 39.9 Å². The number of thiazole rings is 1. The third-order valence-corrected chi connectivity index (χ3v) is 7.50. The summed E-state index contributed by atoms with van der Waals surface area (Å²) in [6.07, 6.45) is -0.336. The molecule has 1 aliphatic rings. The third kappa shape index (κ3) is 4.90. The van der Waals surface area contributed by atoms with E-state index >= 15 is 0 Å². The van der Waals surface area contributed by atoms with Gasteiger partial charge in [0.05, 0.1) is 12.2 Å². The average Bonchev–Trinajstić information content (AvgIpc) is 3.38. The molecule has 2 amide bonds. The van der Waals surface area contributed by atoms with Gasteiger partial charge in [-0.2, -0.15) is 0 Å². The summed E-state index contributed by atoms with van der Waals surface area (Å²) in [5.41, 5.74) is 3.68. The fourth-order valence-corrected chi connectivity index (χ4v) is 5.04. The fraction of sp³-hybridized carbons (Fsp3) is 0.308. The van der Waals surface area contributed by atoms with E-state index in [1.165, 1.54) is 6.92 Å². The highest BCUT2D eigenvalue weighted by Crippen LogP contribution is 2.44. The number of ether oxygens (including phenoxy) is 1. The lowest BCUT2D eigenvalue weighted by atomic mass is 9.98. The Kier molecular flexibility index (Phi) is 6.88. The van der Waals surface area contributed by atoms with Crippen LogP contribution in [0.25, 0.3) is 11.1 Å². The summed E-state index contributed by atoms with van der Waals surface area (Å²) in [5.74, 6) is -1.64. The Hall–Kier alpha value is -3.72. The van der Waals surface area contributed by atoms with E-state index < -0.39 is 23.5 Å². The second-order valence-electron chi connectivity index (χ2n) is 8.65. The van der Waals surface area contributed by atoms with Crippen LogP contribution in [-0.4, -0.2) is 40.2 Å². The first kappa shape index (κ1) is 24.4. The van der Waals surface area contributed by atoms with Crippen LogP contribution >= 0.6 is 11.3 Å². The van der Waals surface area contributed by atoms with Gasteiger partial charge >= 0.3 is 12.1 Å². The smallest absolute Gasteiger partial charge is 0.407 e. The van der Waals surface area contributed by atoms with Crippen LogP contribution in [0, 0.1) is 6.92 Å². The second-order valence-corrected chi connectivity index (χ2v) is 9.73. The molecule has 182 valence electrons. The molecule has 9 heteroatoms. The Morgan fingerprint density at radius 3 is 2.26 bits per heavy atom. The number of carboxylic acid groups (broad SMARTS) is 1. The van der Waals surface area contributed by atoms with Crippen molar-refractivity contribution in [2.75, 3.05) is 6.61 Å². The number of carboxylic acids is 1.